The summed E-state index contributed by atoms with van der Waals surface area (Å²) in [6, 6.07) is 0. The summed E-state index contributed by atoms with van der Waals surface area (Å²) in [4.78, 5) is 12.2. The summed E-state index contributed by atoms with van der Waals surface area (Å²) in [6.45, 7) is 1.67. The number of hydrogen-bond donors (Lipinski definition) is 3. The minimum absolute atomic E-state index is 0.0141. The second-order valence-electron chi connectivity index (χ2n) is 5.39. The van der Waals surface area contributed by atoms with Crippen molar-refractivity contribution in [3.63, 3.8) is 0 Å². The highest BCUT2D eigenvalue weighted by molar-refractivity contribution is 5.92. The Kier molecular flexibility index (Phi) is 3.50. The van der Waals surface area contributed by atoms with Crippen LogP contribution in [-0.2, 0) is 17.8 Å². The third-order valence-electron chi connectivity index (χ3n) is 4.08. The molecular weight excluding hydrogens is 247 g/mol. The van der Waals surface area contributed by atoms with E-state index in [1.54, 1.807) is 0 Å². The molecule has 0 spiro atoms. The van der Waals surface area contributed by atoms with Crippen LogP contribution >= 0.6 is 0 Å². The number of halogens is 1. The van der Waals surface area contributed by atoms with Crippen LogP contribution < -0.4 is 10.6 Å². The van der Waals surface area contributed by atoms with Crippen LogP contribution in [0.4, 0.5) is 10.2 Å². The lowest BCUT2D eigenvalue weighted by atomic mass is 9.87. The molecule has 0 atom stereocenters. The topological polar surface area (TPSA) is 69.8 Å². The highest BCUT2D eigenvalue weighted by Crippen LogP contribution is 2.28. The number of alkyl halides is 1. The number of nitrogens with one attached hydrogen (secondary N) is 3. The monoisotopic (exact) mass is 266 g/mol. The Morgan fingerprint density at radius 1 is 1.32 bits per heavy atom. The number of nitrogens with zero attached hydrogens (tertiary/aromatic N) is 1. The third-order valence-corrected chi connectivity index (χ3v) is 4.08. The number of aromatic amines is 1. The highest BCUT2D eigenvalue weighted by atomic mass is 19.1. The molecule has 1 saturated carbocycles. The lowest BCUT2D eigenvalue weighted by Crippen LogP contribution is -2.29. The van der Waals surface area contributed by atoms with E-state index in [0.29, 0.717) is 31.5 Å². The summed E-state index contributed by atoms with van der Waals surface area (Å²) in [5.74, 6) is 0.574. The maximum Gasteiger partial charge on any atom is 0.228 e. The number of fused-ring (bicyclic) bond motifs is 1. The van der Waals surface area contributed by atoms with Gasteiger partial charge in [0.15, 0.2) is 5.82 Å². The largest absolute Gasteiger partial charge is 0.311 e. The summed E-state index contributed by atoms with van der Waals surface area (Å²) in [5, 5.41) is 13.3. The average Bonchev–Trinajstić information content (AvgIpc) is 2.83. The first-order chi connectivity index (χ1) is 9.24. The summed E-state index contributed by atoms with van der Waals surface area (Å²) < 4.78 is 13.1. The minimum Gasteiger partial charge on any atom is -0.311 e. The Hall–Kier alpha value is -1.43. The third kappa shape index (κ3) is 2.63. The van der Waals surface area contributed by atoms with Gasteiger partial charge in [-0.3, -0.25) is 9.89 Å². The van der Waals surface area contributed by atoms with Crippen LogP contribution in [0.1, 0.15) is 36.9 Å². The average molecular weight is 266 g/mol. The number of aromatic nitrogens is 2. The van der Waals surface area contributed by atoms with Gasteiger partial charge < -0.3 is 10.6 Å². The predicted molar refractivity (Wildman–Crippen MR) is 69.5 cm³/mol. The van der Waals surface area contributed by atoms with Crippen molar-refractivity contribution in [2.45, 2.75) is 44.8 Å². The molecule has 1 amide bonds. The van der Waals surface area contributed by atoms with Gasteiger partial charge in [0, 0.05) is 18.0 Å². The van der Waals surface area contributed by atoms with Gasteiger partial charge in [-0.2, -0.15) is 5.10 Å². The van der Waals surface area contributed by atoms with Crippen molar-refractivity contribution in [1.82, 2.24) is 15.5 Å². The standard InChI is InChI=1S/C13H19FN4O/c14-9-3-1-8(2-4-9)13(19)16-12-10-5-6-15-7-11(10)17-18-12/h8-9,15H,1-7H2,(H2,16,17,18,19). The molecule has 3 N–H and O–H groups in total. The van der Waals surface area contributed by atoms with Crippen LogP contribution in [-0.4, -0.2) is 28.8 Å². The zero-order valence-electron chi connectivity index (χ0n) is 10.8. The number of amides is 1. The van der Waals surface area contributed by atoms with Gasteiger partial charge in [-0.1, -0.05) is 0 Å². The number of carbonyl (C=O) groups is 1. The fourth-order valence-corrected chi connectivity index (χ4v) is 2.88. The highest BCUT2D eigenvalue weighted by Gasteiger charge is 2.27. The number of H-pyrrole nitrogens is 1. The second kappa shape index (κ2) is 5.28. The van der Waals surface area contributed by atoms with E-state index >= 15 is 0 Å². The van der Waals surface area contributed by atoms with Gasteiger partial charge in [0.25, 0.3) is 0 Å². The van der Waals surface area contributed by atoms with Crippen LogP contribution in [0.5, 0.6) is 0 Å². The van der Waals surface area contributed by atoms with E-state index in [-0.39, 0.29) is 11.8 Å². The molecule has 0 saturated heterocycles. The van der Waals surface area contributed by atoms with E-state index in [1.807, 2.05) is 0 Å². The first-order valence-corrected chi connectivity index (χ1v) is 6.96. The molecule has 1 aromatic heterocycles. The first-order valence-electron chi connectivity index (χ1n) is 6.96. The number of anilines is 1. The fourth-order valence-electron chi connectivity index (χ4n) is 2.88. The summed E-state index contributed by atoms with van der Waals surface area (Å²) in [7, 11) is 0. The van der Waals surface area contributed by atoms with Gasteiger partial charge >= 0.3 is 0 Å². The molecule has 1 aliphatic heterocycles. The molecule has 2 aliphatic rings. The Labute approximate surface area is 111 Å². The van der Waals surface area contributed by atoms with E-state index in [0.717, 1.165) is 30.8 Å². The zero-order valence-corrected chi connectivity index (χ0v) is 10.8. The van der Waals surface area contributed by atoms with Gasteiger partial charge in [0.05, 0.1) is 5.69 Å². The van der Waals surface area contributed by atoms with Crippen molar-refractivity contribution in [2.24, 2.45) is 5.92 Å². The second-order valence-corrected chi connectivity index (χ2v) is 5.39. The molecule has 2 heterocycles. The lowest BCUT2D eigenvalue weighted by Gasteiger charge is -2.23. The van der Waals surface area contributed by atoms with E-state index in [4.69, 9.17) is 0 Å². The molecule has 0 radical (unpaired) electrons. The van der Waals surface area contributed by atoms with E-state index in [2.05, 4.69) is 20.8 Å². The van der Waals surface area contributed by atoms with Crippen molar-refractivity contribution in [1.29, 1.82) is 0 Å². The van der Waals surface area contributed by atoms with E-state index < -0.39 is 6.17 Å². The fraction of sp³-hybridized carbons (Fsp3) is 0.692. The Morgan fingerprint density at radius 2 is 2.11 bits per heavy atom. The molecule has 6 heteroatoms. The molecule has 0 unspecified atom stereocenters. The van der Waals surface area contributed by atoms with Gasteiger partial charge in [-0.05, 0) is 38.6 Å². The van der Waals surface area contributed by atoms with Crippen LogP contribution in [0.3, 0.4) is 0 Å². The molecule has 1 aliphatic carbocycles. The maximum absolute atomic E-state index is 13.1. The van der Waals surface area contributed by atoms with Crippen LogP contribution in [0, 0.1) is 5.92 Å². The number of hydrogen-bond acceptors (Lipinski definition) is 3. The molecule has 1 fully saturated rings. The summed E-state index contributed by atoms with van der Waals surface area (Å²) in [6.07, 6.45) is 2.43. The molecule has 5 nitrogen and oxygen atoms in total. The van der Waals surface area contributed by atoms with Crippen molar-refractivity contribution < 1.29 is 9.18 Å². The quantitative estimate of drug-likeness (QED) is 0.760. The maximum atomic E-state index is 13.1. The van der Waals surface area contributed by atoms with Crippen LogP contribution in [0.25, 0.3) is 0 Å². The number of carbonyl (C=O) groups excluding carboxylic acids is 1. The van der Waals surface area contributed by atoms with Crippen LogP contribution in [0.15, 0.2) is 0 Å². The minimum atomic E-state index is -0.728. The molecule has 0 aromatic carbocycles. The van der Waals surface area contributed by atoms with Crippen molar-refractivity contribution in [3.8, 4) is 0 Å². The van der Waals surface area contributed by atoms with Gasteiger partial charge in [0.2, 0.25) is 5.91 Å². The van der Waals surface area contributed by atoms with Crippen molar-refractivity contribution in [2.75, 3.05) is 11.9 Å². The smallest absolute Gasteiger partial charge is 0.228 e. The van der Waals surface area contributed by atoms with E-state index in [1.165, 1.54) is 0 Å². The van der Waals surface area contributed by atoms with Crippen molar-refractivity contribution in [3.05, 3.63) is 11.3 Å². The normalized spacial score (nSPS) is 26.8. The van der Waals surface area contributed by atoms with Gasteiger partial charge in [-0.15, -0.1) is 0 Å². The Bertz CT molecular complexity index is 465. The lowest BCUT2D eigenvalue weighted by molar-refractivity contribution is -0.121. The molecule has 1 aromatic rings. The molecule has 0 bridgehead atoms. The zero-order chi connectivity index (χ0) is 13.2. The predicted octanol–water partition coefficient (Wildman–Crippen LogP) is 1.52. The SMILES string of the molecule is O=C(Nc1n[nH]c2c1CCNC2)C1CCC(F)CC1. The molecular formula is C13H19FN4O. The Morgan fingerprint density at radius 3 is 2.89 bits per heavy atom. The molecule has 19 heavy (non-hydrogen) atoms. The molecule has 104 valence electrons. The summed E-state index contributed by atoms with van der Waals surface area (Å²) in [5.41, 5.74) is 2.15. The Balaban J connectivity index is 1.65. The number of rotatable bonds is 2. The van der Waals surface area contributed by atoms with Crippen LogP contribution in [0.2, 0.25) is 0 Å². The first kappa shape index (κ1) is 12.6. The van der Waals surface area contributed by atoms with Crippen molar-refractivity contribution >= 4 is 11.7 Å². The van der Waals surface area contributed by atoms with Gasteiger partial charge in [-0.25, -0.2) is 4.39 Å². The van der Waals surface area contributed by atoms with Gasteiger partial charge in [0.1, 0.15) is 6.17 Å². The summed E-state index contributed by atoms with van der Waals surface area (Å²) >= 11 is 0. The molecule has 3 rings (SSSR count). The van der Waals surface area contributed by atoms with E-state index in [9.17, 15) is 9.18 Å².